The molecular formula is C38H60N6O10S2. The van der Waals surface area contributed by atoms with E-state index in [1.165, 1.54) is 23.5 Å². The lowest BCUT2D eigenvalue weighted by Gasteiger charge is -2.42. The average Bonchev–Trinajstić information content (AvgIpc) is 3.87. The number of aryl methyl sites for hydroxylation is 1. The molecule has 10 atom stereocenters. The van der Waals surface area contributed by atoms with Crippen molar-refractivity contribution in [3.63, 3.8) is 0 Å². The largest absolute Gasteiger partial charge is 0.487 e. The van der Waals surface area contributed by atoms with Crippen molar-refractivity contribution in [2.45, 2.75) is 158 Å². The van der Waals surface area contributed by atoms with Crippen molar-refractivity contribution in [2.24, 2.45) is 0 Å². The average molecular weight is 825 g/mol. The van der Waals surface area contributed by atoms with Gasteiger partial charge in [-0.15, -0.1) is 33.7 Å². The van der Waals surface area contributed by atoms with Gasteiger partial charge in [-0.25, -0.2) is 9.36 Å². The molecule has 5 rings (SSSR count). The topological polar surface area (TPSA) is 220 Å². The molecule has 1 aromatic carbocycles. The number of benzene rings is 1. The summed E-state index contributed by atoms with van der Waals surface area (Å²) < 4.78 is 27.1. The third-order valence-corrected chi connectivity index (χ3v) is 12.5. The molecule has 2 aliphatic heterocycles. The molecule has 56 heavy (non-hydrogen) atoms. The molecule has 3 aromatic rings. The summed E-state index contributed by atoms with van der Waals surface area (Å²) in [6.07, 6.45) is -0.0482. The molecule has 0 bridgehead atoms. The van der Waals surface area contributed by atoms with Crippen LogP contribution in [0.5, 0.6) is 5.75 Å². The number of aliphatic hydroxyl groups excluding tert-OH is 6. The lowest BCUT2D eigenvalue weighted by molar-refractivity contribution is -0.204. The first-order chi connectivity index (χ1) is 26.7. The van der Waals surface area contributed by atoms with Crippen LogP contribution in [0.4, 0.5) is 0 Å². The Hall–Kier alpha value is -2.36. The zero-order valence-corrected chi connectivity index (χ0v) is 34.5. The first kappa shape index (κ1) is 44.7. The van der Waals surface area contributed by atoms with E-state index < -0.39 is 65.2 Å². The van der Waals surface area contributed by atoms with Crippen molar-refractivity contribution >= 4 is 23.5 Å². The van der Waals surface area contributed by atoms with Crippen LogP contribution in [0.15, 0.2) is 36.7 Å². The van der Waals surface area contributed by atoms with Gasteiger partial charge in [-0.2, -0.15) is 0 Å². The molecule has 6 N–H and O–H groups in total. The van der Waals surface area contributed by atoms with Crippen molar-refractivity contribution in [3.05, 3.63) is 53.6 Å². The van der Waals surface area contributed by atoms with Gasteiger partial charge in [0.25, 0.3) is 0 Å². The van der Waals surface area contributed by atoms with Crippen LogP contribution in [-0.4, -0.2) is 138 Å². The van der Waals surface area contributed by atoms with E-state index in [9.17, 15) is 30.6 Å². The number of thioether (sulfide) groups is 2. The summed E-state index contributed by atoms with van der Waals surface area (Å²) in [7, 11) is 0. The highest BCUT2D eigenvalue weighted by molar-refractivity contribution is 8.00. The summed E-state index contributed by atoms with van der Waals surface area (Å²) in [6.45, 7) is 10.9. The molecule has 0 radical (unpaired) electrons. The molecule has 0 aliphatic carbocycles. The fourth-order valence-electron chi connectivity index (χ4n) is 6.49. The van der Waals surface area contributed by atoms with Crippen LogP contribution >= 0.6 is 23.5 Å². The van der Waals surface area contributed by atoms with E-state index in [0.717, 1.165) is 48.4 Å². The molecule has 0 saturated carbocycles. The third-order valence-electron chi connectivity index (χ3n) is 10.1. The van der Waals surface area contributed by atoms with Gasteiger partial charge in [0, 0.05) is 19.1 Å². The molecule has 2 aliphatic rings. The van der Waals surface area contributed by atoms with Crippen LogP contribution in [0.1, 0.15) is 89.7 Å². The number of ether oxygens (including phenoxy) is 4. The molecule has 16 nitrogen and oxygen atoms in total. The van der Waals surface area contributed by atoms with Crippen LogP contribution in [0.2, 0.25) is 0 Å². The Morgan fingerprint density at radius 2 is 1.39 bits per heavy atom. The van der Waals surface area contributed by atoms with Crippen LogP contribution in [0, 0.1) is 0 Å². The van der Waals surface area contributed by atoms with E-state index in [1.807, 2.05) is 64.4 Å². The van der Waals surface area contributed by atoms with Crippen LogP contribution in [-0.2, 0) is 39.4 Å². The van der Waals surface area contributed by atoms with Gasteiger partial charge in [0.1, 0.15) is 71.2 Å². The van der Waals surface area contributed by atoms with Gasteiger partial charge < -0.3 is 49.6 Å². The minimum absolute atomic E-state index is 0.233. The molecule has 18 heteroatoms. The summed E-state index contributed by atoms with van der Waals surface area (Å²) >= 11 is 2.86. The highest BCUT2D eigenvalue weighted by atomic mass is 32.2. The lowest BCUT2D eigenvalue weighted by atomic mass is 9.89. The molecule has 2 aromatic heterocycles. The van der Waals surface area contributed by atoms with E-state index in [0.29, 0.717) is 44.1 Å². The zero-order valence-electron chi connectivity index (χ0n) is 32.9. The lowest BCUT2D eigenvalue weighted by Crippen LogP contribution is -2.57. The van der Waals surface area contributed by atoms with E-state index in [-0.39, 0.29) is 6.04 Å². The van der Waals surface area contributed by atoms with Crippen molar-refractivity contribution in [1.29, 1.82) is 0 Å². The third kappa shape index (κ3) is 12.3. The number of nitrogens with zero attached hydrogens (tertiary/aromatic N) is 6. The first-order valence-corrected chi connectivity index (χ1v) is 21.6. The molecule has 6 unspecified atom stereocenters. The minimum Gasteiger partial charge on any atom is -0.487 e. The Balaban J connectivity index is 0.983. The van der Waals surface area contributed by atoms with Gasteiger partial charge in [0.2, 0.25) is 0 Å². The standard InChI is InChI=1S/C38H60N6O10S2/c1-23(2)43-19-26(39-41-43)22-52-28-12-10-25(11-13-28)14-17-56-37-35(50)33(48)31(46)29(54-37)18-38(4,5)44-20-27(40-42-44)21-51-15-8-6-7-9-16-55-36-34(49)32(47)30(45)24(3)53-36/h10-13,19-20,23-24,29-37,45-50H,6-9,14-18,21-22H2,1-5H3/t24?,29?,30-,31-,32?,33?,34?,35?,36+,37+/m1/s1. The van der Waals surface area contributed by atoms with E-state index in [1.54, 1.807) is 16.3 Å². The second-order valence-electron chi connectivity index (χ2n) is 15.5. The SMILES string of the molecule is CC1O[C@@H](SCCCCCCOCc2cn(C(C)(C)CC3O[C@@H](SCCc4ccc(OCc5cn(C(C)C)nn5)cc4)C(O)C(O)[C@@H]3O)nn2)C(O)C(O)[C@@H]1O. The molecule has 2 fully saturated rings. The van der Waals surface area contributed by atoms with Gasteiger partial charge in [0.15, 0.2) is 0 Å². The minimum atomic E-state index is -1.36. The quantitative estimate of drug-likeness (QED) is 0.0851. The predicted molar refractivity (Wildman–Crippen MR) is 211 cm³/mol. The Kier molecular flexibility index (Phi) is 16.8. The molecular weight excluding hydrogens is 765 g/mol. The highest BCUT2D eigenvalue weighted by Crippen LogP contribution is 2.34. The molecule has 2 saturated heterocycles. The fourth-order valence-corrected chi connectivity index (χ4v) is 8.87. The Bertz CT molecular complexity index is 1600. The number of unbranched alkanes of at least 4 members (excludes halogenated alkanes) is 3. The highest BCUT2D eigenvalue weighted by Gasteiger charge is 2.46. The number of rotatable bonds is 21. The van der Waals surface area contributed by atoms with Crippen molar-refractivity contribution in [3.8, 4) is 5.75 Å². The molecule has 314 valence electrons. The summed E-state index contributed by atoms with van der Waals surface area (Å²) in [6, 6.07) is 8.04. The molecule has 0 amide bonds. The van der Waals surface area contributed by atoms with E-state index >= 15 is 0 Å². The van der Waals surface area contributed by atoms with Crippen LogP contribution in [0.3, 0.4) is 0 Å². The monoisotopic (exact) mass is 824 g/mol. The van der Waals surface area contributed by atoms with Crippen LogP contribution in [0.25, 0.3) is 0 Å². The maximum atomic E-state index is 10.9. The fraction of sp³-hybridized carbons (Fsp3) is 0.737. The van der Waals surface area contributed by atoms with Gasteiger partial charge >= 0.3 is 0 Å². The summed E-state index contributed by atoms with van der Waals surface area (Å²) in [5.74, 6) is 2.13. The Morgan fingerprint density at radius 3 is 2.11 bits per heavy atom. The van der Waals surface area contributed by atoms with Crippen molar-refractivity contribution < 1.29 is 49.6 Å². The molecule has 0 spiro atoms. The van der Waals surface area contributed by atoms with Crippen molar-refractivity contribution in [1.82, 2.24) is 30.0 Å². The number of hydrogen-bond acceptors (Lipinski definition) is 16. The smallest absolute Gasteiger partial charge is 0.134 e. The van der Waals surface area contributed by atoms with E-state index in [2.05, 4.69) is 20.6 Å². The number of hydrogen-bond donors (Lipinski definition) is 6. The summed E-state index contributed by atoms with van der Waals surface area (Å²) in [5.41, 5.74) is 0.616. The first-order valence-electron chi connectivity index (χ1n) is 19.5. The summed E-state index contributed by atoms with van der Waals surface area (Å²) in [5, 5.41) is 79.2. The summed E-state index contributed by atoms with van der Waals surface area (Å²) in [4.78, 5) is 0. The number of aromatic nitrogens is 6. The van der Waals surface area contributed by atoms with E-state index in [4.69, 9.17) is 18.9 Å². The van der Waals surface area contributed by atoms with Gasteiger partial charge in [-0.3, -0.25) is 0 Å². The predicted octanol–water partition coefficient (Wildman–Crippen LogP) is 2.58. The maximum Gasteiger partial charge on any atom is 0.134 e. The zero-order chi connectivity index (χ0) is 40.4. The Morgan fingerprint density at radius 1 is 0.750 bits per heavy atom. The van der Waals surface area contributed by atoms with Gasteiger partial charge in [-0.1, -0.05) is 35.4 Å². The van der Waals surface area contributed by atoms with Gasteiger partial charge in [-0.05, 0) is 83.1 Å². The maximum absolute atomic E-state index is 10.9. The molecule has 4 heterocycles. The van der Waals surface area contributed by atoms with Crippen molar-refractivity contribution in [2.75, 3.05) is 18.1 Å². The normalized spacial score (nSPS) is 28.6. The number of aliphatic hydroxyl groups is 6. The van der Waals surface area contributed by atoms with Crippen LogP contribution < -0.4 is 4.74 Å². The second-order valence-corrected chi connectivity index (χ2v) is 18.0. The Labute approximate surface area is 337 Å². The van der Waals surface area contributed by atoms with Gasteiger partial charge in [0.05, 0.1) is 36.7 Å². The second kappa shape index (κ2) is 21.1.